The molecule has 188 valence electrons. The van der Waals surface area contributed by atoms with E-state index in [0.29, 0.717) is 64.4 Å². The van der Waals surface area contributed by atoms with Crippen molar-refractivity contribution in [1.82, 2.24) is 15.3 Å². The summed E-state index contributed by atoms with van der Waals surface area (Å²) in [5.74, 6) is 0.132. The Kier molecular flexibility index (Phi) is 7.51. The van der Waals surface area contributed by atoms with Gasteiger partial charge < -0.3 is 27.0 Å². The summed E-state index contributed by atoms with van der Waals surface area (Å²) in [6.07, 6.45) is 2.69. The molecule has 11 heteroatoms. The van der Waals surface area contributed by atoms with Crippen LogP contribution in [0.3, 0.4) is 0 Å². The molecule has 4 rings (SSSR count). The van der Waals surface area contributed by atoms with Crippen LogP contribution in [0.5, 0.6) is 0 Å². The zero-order chi connectivity index (χ0) is 25.9. The lowest BCUT2D eigenvalue weighted by atomic mass is 9.89. The Labute approximate surface area is 219 Å². The van der Waals surface area contributed by atoms with Gasteiger partial charge in [-0.05, 0) is 38.0 Å². The molecule has 0 unspecified atom stereocenters. The van der Waals surface area contributed by atoms with Crippen LogP contribution in [-0.4, -0.2) is 40.4 Å². The number of piperidine rings is 1. The van der Waals surface area contributed by atoms with Crippen LogP contribution >= 0.6 is 23.2 Å². The molecule has 0 spiro atoms. The van der Waals surface area contributed by atoms with E-state index in [-0.39, 0.29) is 18.1 Å². The fourth-order valence-electron chi connectivity index (χ4n) is 4.13. The average Bonchev–Trinajstić information content (AvgIpc) is 2.82. The number of benzene rings is 2. The Morgan fingerprint density at radius 3 is 2.47 bits per heavy atom. The van der Waals surface area contributed by atoms with Gasteiger partial charge in [0.15, 0.2) is 5.82 Å². The van der Waals surface area contributed by atoms with E-state index in [0.717, 1.165) is 0 Å². The average molecular weight is 528 g/mol. The van der Waals surface area contributed by atoms with Gasteiger partial charge in [0, 0.05) is 24.2 Å². The minimum Gasteiger partial charge on any atom is -0.397 e. The van der Waals surface area contributed by atoms with Gasteiger partial charge in [-0.15, -0.1) is 0 Å². The standard InChI is InChI=1S/C25H27Cl2N7O2/c1-25(33-21(36)13-20(35)31-18-8-3-2-7-17(18)28)9-11-34(12-10-25)19-14-30-23(24(29)32-19)15-5-4-6-16(26)22(15)27/h2-8,14H,9-13,28H2,1H3,(H2,29,32)(H,31,35)(H,33,36). The van der Waals surface area contributed by atoms with Crippen LogP contribution in [0.15, 0.2) is 48.7 Å². The maximum atomic E-state index is 12.5. The molecule has 1 aromatic heterocycles. The largest absolute Gasteiger partial charge is 0.397 e. The highest BCUT2D eigenvalue weighted by Crippen LogP contribution is 2.35. The number of hydrogen-bond donors (Lipinski definition) is 4. The molecule has 1 fully saturated rings. The van der Waals surface area contributed by atoms with Gasteiger partial charge in [0.2, 0.25) is 11.8 Å². The maximum absolute atomic E-state index is 12.5. The predicted molar refractivity (Wildman–Crippen MR) is 144 cm³/mol. The van der Waals surface area contributed by atoms with E-state index in [1.807, 2.05) is 6.92 Å². The van der Waals surface area contributed by atoms with E-state index < -0.39 is 11.4 Å². The quantitative estimate of drug-likeness (QED) is 0.279. The molecule has 0 bridgehead atoms. The van der Waals surface area contributed by atoms with Gasteiger partial charge >= 0.3 is 0 Å². The second-order valence-electron chi connectivity index (χ2n) is 8.97. The molecule has 2 aromatic carbocycles. The summed E-state index contributed by atoms with van der Waals surface area (Å²) in [7, 11) is 0. The minimum atomic E-state index is -0.452. The number of anilines is 4. The Bertz CT molecular complexity index is 1290. The van der Waals surface area contributed by atoms with Gasteiger partial charge in [-0.3, -0.25) is 9.59 Å². The second-order valence-corrected chi connectivity index (χ2v) is 9.76. The predicted octanol–water partition coefficient (Wildman–Crippen LogP) is 4.12. The number of nitrogens with zero attached hydrogens (tertiary/aromatic N) is 3. The number of nitrogens with one attached hydrogen (secondary N) is 2. The van der Waals surface area contributed by atoms with Crippen LogP contribution in [0.4, 0.5) is 23.0 Å². The molecule has 0 saturated carbocycles. The third-order valence-electron chi connectivity index (χ3n) is 6.18. The fourth-order valence-corrected chi connectivity index (χ4v) is 4.52. The molecular formula is C25H27Cl2N7O2. The van der Waals surface area contributed by atoms with Crippen LogP contribution in [0.1, 0.15) is 26.2 Å². The number of nitrogen functional groups attached to an aromatic ring is 2. The van der Waals surface area contributed by atoms with Crippen molar-refractivity contribution >= 4 is 58.0 Å². The zero-order valence-electron chi connectivity index (χ0n) is 19.7. The molecule has 1 aliphatic heterocycles. The van der Waals surface area contributed by atoms with Crippen molar-refractivity contribution < 1.29 is 9.59 Å². The topological polar surface area (TPSA) is 139 Å². The summed E-state index contributed by atoms with van der Waals surface area (Å²) >= 11 is 12.4. The van der Waals surface area contributed by atoms with Crippen LogP contribution in [0, 0.1) is 0 Å². The molecule has 2 heterocycles. The molecule has 0 radical (unpaired) electrons. The van der Waals surface area contributed by atoms with Gasteiger partial charge in [0.05, 0.1) is 27.6 Å². The molecule has 2 amide bonds. The Morgan fingerprint density at radius 1 is 1.06 bits per heavy atom. The van der Waals surface area contributed by atoms with Crippen molar-refractivity contribution in [2.75, 3.05) is 34.8 Å². The van der Waals surface area contributed by atoms with Crippen molar-refractivity contribution in [3.63, 3.8) is 0 Å². The minimum absolute atomic E-state index is 0.253. The molecular weight excluding hydrogens is 501 g/mol. The van der Waals surface area contributed by atoms with E-state index in [2.05, 4.69) is 25.5 Å². The molecule has 9 nitrogen and oxygen atoms in total. The number of rotatable bonds is 6. The van der Waals surface area contributed by atoms with E-state index in [1.165, 1.54) is 0 Å². The normalized spacial score (nSPS) is 14.8. The summed E-state index contributed by atoms with van der Waals surface area (Å²) in [5, 5.41) is 6.47. The lowest BCUT2D eigenvalue weighted by Crippen LogP contribution is -2.54. The van der Waals surface area contributed by atoms with Gasteiger partial charge in [0.25, 0.3) is 0 Å². The number of amides is 2. The summed E-state index contributed by atoms with van der Waals surface area (Å²) in [6, 6.07) is 12.2. The zero-order valence-corrected chi connectivity index (χ0v) is 21.2. The number of nitrogens with two attached hydrogens (primary N) is 2. The summed E-state index contributed by atoms with van der Waals surface area (Å²) in [4.78, 5) is 35.9. The van der Waals surface area contributed by atoms with Gasteiger partial charge in [-0.2, -0.15) is 0 Å². The number of halogens is 2. The first-order chi connectivity index (χ1) is 17.1. The summed E-state index contributed by atoms with van der Waals surface area (Å²) in [6.45, 7) is 3.24. The molecule has 0 atom stereocenters. The fraction of sp³-hybridized carbons (Fsp3) is 0.280. The van der Waals surface area contributed by atoms with Crippen LogP contribution in [0.25, 0.3) is 11.3 Å². The Balaban J connectivity index is 1.34. The third-order valence-corrected chi connectivity index (χ3v) is 7.00. The molecule has 6 N–H and O–H groups in total. The monoisotopic (exact) mass is 527 g/mol. The number of para-hydroxylation sites is 2. The SMILES string of the molecule is CC1(NC(=O)CC(=O)Nc2ccccc2N)CCN(c2cnc(-c3cccc(Cl)c3Cl)c(N)n2)CC1. The van der Waals surface area contributed by atoms with E-state index in [1.54, 1.807) is 48.7 Å². The molecule has 0 aliphatic carbocycles. The Hall–Kier alpha value is -3.56. The first-order valence-corrected chi connectivity index (χ1v) is 12.2. The van der Waals surface area contributed by atoms with E-state index in [9.17, 15) is 9.59 Å². The molecule has 36 heavy (non-hydrogen) atoms. The van der Waals surface area contributed by atoms with Crippen molar-refractivity contribution in [1.29, 1.82) is 0 Å². The van der Waals surface area contributed by atoms with E-state index >= 15 is 0 Å². The van der Waals surface area contributed by atoms with Crippen molar-refractivity contribution in [2.24, 2.45) is 0 Å². The van der Waals surface area contributed by atoms with Gasteiger partial charge in [-0.25, -0.2) is 9.97 Å². The second kappa shape index (κ2) is 10.6. The molecule has 1 aliphatic rings. The Morgan fingerprint density at radius 2 is 1.78 bits per heavy atom. The first kappa shape index (κ1) is 25.5. The maximum Gasteiger partial charge on any atom is 0.233 e. The van der Waals surface area contributed by atoms with Crippen molar-refractivity contribution in [3.05, 3.63) is 58.7 Å². The smallest absolute Gasteiger partial charge is 0.233 e. The highest BCUT2D eigenvalue weighted by Gasteiger charge is 2.32. The lowest BCUT2D eigenvalue weighted by molar-refractivity contribution is -0.128. The van der Waals surface area contributed by atoms with Crippen molar-refractivity contribution in [2.45, 2.75) is 31.7 Å². The number of hydrogen-bond acceptors (Lipinski definition) is 7. The highest BCUT2D eigenvalue weighted by atomic mass is 35.5. The number of carbonyl (C=O) groups is 2. The van der Waals surface area contributed by atoms with E-state index in [4.69, 9.17) is 34.7 Å². The van der Waals surface area contributed by atoms with Crippen LogP contribution in [0.2, 0.25) is 10.0 Å². The summed E-state index contributed by atoms with van der Waals surface area (Å²) < 4.78 is 0. The van der Waals surface area contributed by atoms with Gasteiger partial charge in [0.1, 0.15) is 17.9 Å². The highest BCUT2D eigenvalue weighted by molar-refractivity contribution is 6.43. The number of aromatic nitrogens is 2. The lowest BCUT2D eigenvalue weighted by Gasteiger charge is -2.40. The third kappa shape index (κ3) is 5.80. The molecule has 1 saturated heterocycles. The first-order valence-electron chi connectivity index (χ1n) is 11.4. The number of carbonyl (C=O) groups excluding carboxylic acids is 2. The van der Waals surface area contributed by atoms with Crippen molar-refractivity contribution in [3.8, 4) is 11.3 Å². The van der Waals surface area contributed by atoms with Crippen LogP contribution in [-0.2, 0) is 9.59 Å². The molecule has 3 aromatic rings. The van der Waals surface area contributed by atoms with Gasteiger partial charge in [-0.1, -0.05) is 47.5 Å². The van der Waals surface area contributed by atoms with Crippen LogP contribution < -0.4 is 27.0 Å². The summed E-state index contributed by atoms with van der Waals surface area (Å²) in [5.41, 5.74) is 13.6.